The van der Waals surface area contributed by atoms with E-state index >= 15 is 0 Å². The highest BCUT2D eigenvalue weighted by Crippen LogP contribution is 2.44. The number of rotatable bonds is 7. The van der Waals surface area contributed by atoms with Crippen LogP contribution < -0.4 is 0 Å². The number of hydrogen-bond donors (Lipinski definition) is 3. The van der Waals surface area contributed by atoms with Gasteiger partial charge in [-0.15, -0.1) is 0 Å². The van der Waals surface area contributed by atoms with E-state index in [0.717, 1.165) is 0 Å². The number of carbonyl (C=O) groups is 1. The average Bonchev–Trinajstić information content (AvgIpc) is 3.35. The molecule has 0 aromatic rings. The number of methoxy groups -OCH3 is 1. The van der Waals surface area contributed by atoms with Crippen molar-refractivity contribution in [1.82, 2.24) is 4.90 Å². The maximum Gasteiger partial charge on any atom is 0.311 e. The van der Waals surface area contributed by atoms with Crippen LogP contribution in [-0.2, 0) is 38.0 Å². The number of esters is 1. The van der Waals surface area contributed by atoms with Crippen LogP contribution in [0.25, 0.3) is 0 Å². The second-order valence-electron chi connectivity index (χ2n) is 17.0. The summed E-state index contributed by atoms with van der Waals surface area (Å²) in [5.74, 6) is -2.01. The molecule has 0 saturated carbocycles. The molecule has 4 aliphatic rings. The second-order valence-corrected chi connectivity index (χ2v) is 17.0. The van der Waals surface area contributed by atoms with E-state index in [4.69, 9.17) is 38.2 Å². The third-order valence-electron chi connectivity index (χ3n) is 12.1. The summed E-state index contributed by atoms with van der Waals surface area (Å²) in [6, 6.07) is -0.747. The molecule has 2 bridgehead atoms. The molecule has 0 aromatic heterocycles. The SMILES string of the molecule is COC1(C)CC(OC2C(C)C(=O)OC(C(C)C)C(C)C(O)C(C)N=C3OC(C)(CC3C)C(OC3OC(C)CC(N(C)C)C3O)C2C)OC(C)C1O. The summed E-state index contributed by atoms with van der Waals surface area (Å²) in [6.45, 7) is 20.9. The minimum atomic E-state index is -1.00. The molecule has 3 N–H and O–H groups in total. The van der Waals surface area contributed by atoms with Crippen molar-refractivity contribution < 1.29 is 53.3 Å². The number of likely N-dealkylation sites (N-methyl/N-ethyl adjacent to an activating group) is 1. The Balaban J connectivity index is 1.84. The third kappa shape index (κ3) is 8.94. The van der Waals surface area contributed by atoms with Gasteiger partial charge >= 0.3 is 5.97 Å². The normalized spacial score (nSPS) is 48.9. The van der Waals surface area contributed by atoms with Gasteiger partial charge in [-0.2, -0.15) is 0 Å². The maximum atomic E-state index is 14.3. The molecule has 0 aromatic carbocycles. The molecule has 0 radical (unpaired) electrons. The average molecular weight is 729 g/mol. The number of nitrogens with zero attached hydrogens (tertiary/aromatic N) is 2. The van der Waals surface area contributed by atoms with Gasteiger partial charge in [0.15, 0.2) is 18.5 Å². The van der Waals surface area contributed by atoms with Gasteiger partial charge in [0, 0.05) is 43.7 Å². The Morgan fingerprint density at radius 2 is 1.57 bits per heavy atom. The van der Waals surface area contributed by atoms with E-state index in [1.54, 1.807) is 21.0 Å². The first-order valence-corrected chi connectivity index (χ1v) is 19.0. The Morgan fingerprint density at radius 1 is 0.922 bits per heavy atom. The molecule has 0 aliphatic carbocycles. The lowest BCUT2D eigenvalue weighted by atomic mass is 9.79. The second kappa shape index (κ2) is 16.5. The van der Waals surface area contributed by atoms with E-state index in [9.17, 15) is 20.1 Å². The summed E-state index contributed by atoms with van der Waals surface area (Å²) in [5.41, 5.74) is -1.96. The molecule has 13 nitrogen and oxygen atoms in total. The number of aliphatic hydroxyl groups is 3. The number of aliphatic imine (C=N–C) groups is 1. The van der Waals surface area contributed by atoms with E-state index in [-0.39, 0.29) is 30.4 Å². The van der Waals surface area contributed by atoms with Gasteiger partial charge in [0.2, 0.25) is 0 Å². The van der Waals surface area contributed by atoms with Gasteiger partial charge in [-0.05, 0) is 68.0 Å². The lowest BCUT2D eigenvalue weighted by Crippen LogP contribution is -2.60. The number of carbonyl (C=O) groups excluding carboxylic acids is 1. The number of fused-ring (bicyclic) bond motifs is 2. The molecule has 51 heavy (non-hydrogen) atoms. The Kier molecular flexibility index (Phi) is 13.7. The smallest absolute Gasteiger partial charge is 0.311 e. The van der Waals surface area contributed by atoms with Gasteiger partial charge in [0.25, 0.3) is 0 Å². The highest BCUT2D eigenvalue weighted by Gasteiger charge is 2.55. The van der Waals surface area contributed by atoms with Crippen LogP contribution in [0, 0.1) is 29.6 Å². The van der Waals surface area contributed by atoms with Crippen molar-refractivity contribution in [3.63, 3.8) is 0 Å². The minimum Gasteiger partial charge on any atom is -0.472 e. The zero-order valence-electron chi connectivity index (χ0n) is 33.4. The van der Waals surface area contributed by atoms with Gasteiger partial charge in [0.05, 0.1) is 42.0 Å². The Labute approximate surface area is 305 Å². The fourth-order valence-corrected chi connectivity index (χ4v) is 8.80. The number of hydrogen-bond acceptors (Lipinski definition) is 13. The van der Waals surface area contributed by atoms with Crippen LogP contribution in [0.2, 0.25) is 0 Å². The van der Waals surface area contributed by atoms with Gasteiger partial charge in [-0.25, -0.2) is 4.99 Å². The molecule has 18 atom stereocenters. The van der Waals surface area contributed by atoms with Crippen LogP contribution >= 0.6 is 0 Å². The maximum absolute atomic E-state index is 14.3. The van der Waals surface area contributed by atoms with Crippen LogP contribution in [0.5, 0.6) is 0 Å². The van der Waals surface area contributed by atoms with Crippen LogP contribution in [0.4, 0.5) is 0 Å². The zero-order chi connectivity index (χ0) is 38.3. The molecule has 3 fully saturated rings. The highest BCUT2D eigenvalue weighted by molar-refractivity contribution is 5.81. The van der Waals surface area contributed by atoms with E-state index in [1.165, 1.54) is 0 Å². The first-order valence-electron chi connectivity index (χ1n) is 19.0. The standard InChI is InChI=1S/C38H68N2O11/c1-18(2)30-21(5)28(41)24(8)39-34-19(3)16-38(11,51-34)33(50-36-29(42)26(40(12)13)15-20(4)46-36)22(6)31(23(7)35(44)49-30)48-27-17-37(10,45-14)32(43)25(9)47-27/h18-33,36,41-43H,15-17H2,1-14H3. The lowest BCUT2D eigenvalue weighted by Gasteiger charge is -2.48. The van der Waals surface area contributed by atoms with Crippen LogP contribution in [-0.4, -0.2) is 138 Å². The van der Waals surface area contributed by atoms with Crippen LogP contribution in [0.1, 0.15) is 95.4 Å². The van der Waals surface area contributed by atoms with Gasteiger partial charge in [-0.1, -0.05) is 34.6 Å². The summed E-state index contributed by atoms with van der Waals surface area (Å²) in [7, 11) is 5.39. The molecule has 4 heterocycles. The van der Waals surface area contributed by atoms with E-state index in [1.807, 2.05) is 81.3 Å². The molecule has 18 unspecified atom stereocenters. The van der Waals surface area contributed by atoms with Crippen LogP contribution in [0.3, 0.4) is 0 Å². The topological polar surface area (TPSA) is 158 Å². The first-order chi connectivity index (χ1) is 23.6. The first kappa shape index (κ1) is 42.3. The Morgan fingerprint density at radius 3 is 2.16 bits per heavy atom. The molecule has 296 valence electrons. The van der Waals surface area contributed by atoms with Crippen molar-refractivity contribution in [3.05, 3.63) is 0 Å². The Bertz CT molecular complexity index is 1200. The Hall–Kier alpha value is -1.42. The monoisotopic (exact) mass is 728 g/mol. The molecule has 13 heteroatoms. The quantitative estimate of drug-likeness (QED) is 0.328. The molecule has 4 rings (SSSR count). The van der Waals surface area contributed by atoms with E-state index in [2.05, 4.69) is 0 Å². The highest BCUT2D eigenvalue weighted by atomic mass is 16.7. The zero-order valence-corrected chi connectivity index (χ0v) is 33.4. The van der Waals surface area contributed by atoms with Gasteiger partial charge in [0.1, 0.15) is 30.0 Å². The van der Waals surface area contributed by atoms with Crippen molar-refractivity contribution >= 4 is 11.9 Å². The molecular weight excluding hydrogens is 660 g/mol. The molecule has 4 aliphatic heterocycles. The lowest BCUT2D eigenvalue weighted by molar-refractivity contribution is -0.315. The predicted molar refractivity (Wildman–Crippen MR) is 191 cm³/mol. The number of ether oxygens (including phenoxy) is 7. The fraction of sp³-hybridized carbons (Fsp3) is 0.947. The van der Waals surface area contributed by atoms with E-state index < -0.39 is 96.3 Å². The summed E-state index contributed by atoms with van der Waals surface area (Å²) in [6.07, 6.45) is -6.34. The van der Waals surface area contributed by atoms with E-state index in [0.29, 0.717) is 18.7 Å². The fourth-order valence-electron chi connectivity index (χ4n) is 8.80. The number of cyclic esters (lactones) is 1. The molecule has 0 amide bonds. The molecule has 3 saturated heterocycles. The van der Waals surface area contributed by atoms with Crippen molar-refractivity contribution in [2.24, 2.45) is 34.6 Å². The van der Waals surface area contributed by atoms with Crippen molar-refractivity contribution in [2.75, 3.05) is 21.2 Å². The largest absolute Gasteiger partial charge is 0.472 e. The summed E-state index contributed by atoms with van der Waals surface area (Å²) in [5, 5.41) is 34.1. The molecule has 0 spiro atoms. The summed E-state index contributed by atoms with van der Waals surface area (Å²) >= 11 is 0. The summed E-state index contributed by atoms with van der Waals surface area (Å²) < 4.78 is 45.1. The minimum absolute atomic E-state index is 0.0978. The third-order valence-corrected chi connectivity index (χ3v) is 12.1. The molecular formula is C38H68N2O11. The van der Waals surface area contributed by atoms with Gasteiger partial charge in [-0.3, -0.25) is 4.79 Å². The summed E-state index contributed by atoms with van der Waals surface area (Å²) in [4.78, 5) is 21.2. The van der Waals surface area contributed by atoms with Crippen molar-refractivity contribution in [3.8, 4) is 0 Å². The predicted octanol–water partition coefficient (Wildman–Crippen LogP) is 3.54. The van der Waals surface area contributed by atoms with Crippen molar-refractivity contribution in [2.45, 2.75) is 180 Å². The van der Waals surface area contributed by atoms with Crippen molar-refractivity contribution in [1.29, 1.82) is 0 Å². The van der Waals surface area contributed by atoms with Crippen LogP contribution in [0.15, 0.2) is 4.99 Å². The van der Waals surface area contributed by atoms with Gasteiger partial charge < -0.3 is 53.4 Å². The number of aliphatic hydroxyl groups excluding tert-OH is 3.